The maximum Gasteiger partial charge on any atom is 0.246 e. The van der Waals surface area contributed by atoms with E-state index in [1.54, 1.807) is 12.2 Å². The summed E-state index contributed by atoms with van der Waals surface area (Å²) >= 11 is 0. The summed E-state index contributed by atoms with van der Waals surface area (Å²) in [4.78, 5) is 16.3. The van der Waals surface area contributed by atoms with Crippen LogP contribution in [-0.4, -0.2) is 47.0 Å². The first-order valence-corrected chi connectivity index (χ1v) is 7.78. The van der Waals surface area contributed by atoms with Crippen LogP contribution in [0.4, 0.5) is 0 Å². The molecule has 122 valence electrons. The number of piperazine rings is 1. The van der Waals surface area contributed by atoms with Crippen molar-refractivity contribution in [2.75, 3.05) is 26.2 Å². The third-order valence-electron chi connectivity index (χ3n) is 3.89. The number of hydrogen-bond acceptors (Lipinski definition) is 5. The lowest BCUT2D eigenvalue weighted by Crippen LogP contribution is -2.47. The molecule has 1 aliphatic heterocycles. The quantitative estimate of drug-likeness (QED) is 0.810. The standard InChI is InChI=1S/C17H21N3O3/c1-13-11-16(23-18-13)12-19-7-9-20(10-8-19)17(21)6-5-15-4-3-14(2)22-15/h3-6,11H,7-10,12H2,1-2H3/b6-5+. The number of rotatable bonds is 4. The SMILES string of the molecule is Cc1cc(CN2CCN(C(=O)/C=C/c3ccc(C)o3)CC2)on1. The van der Waals surface area contributed by atoms with Gasteiger partial charge in [0.2, 0.25) is 5.91 Å². The van der Waals surface area contributed by atoms with E-state index in [-0.39, 0.29) is 5.91 Å². The summed E-state index contributed by atoms with van der Waals surface area (Å²) in [5.41, 5.74) is 0.895. The smallest absolute Gasteiger partial charge is 0.246 e. The molecule has 6 heteroatoms. The van der Waals surface area contributed by atoms with Crippen molar-refractivity contribution in [3.05, 3.63) is 47.2 Å². The van der Waals surface area contributed by atoms with Crippen LogP contribution in [0.2, 0.25) is 0 Å². The van der Waals surface area contributed by atoms with Crippen LogP contribution >= 0.6 is 0 Å². The highest BCUT2D eigenvalue weighted by Gasteiger charge is 2.20. The molecular weight excluding hydrogens is 294 g/mol. The largest absolute Gasteiger partial charge is 0.462 e. The normalized spacial score (nSPS) is 16.3. The zero-order valence-corrected chi connectivity index (χ0v) is 13.5. The molecule has 1 aliphatic rings. The van der Waals surface area contributed by atoms with Crippen LogP contribution in [0.25, 0.3) is 6.08 Å². The minimum absolute atomic E-state index is 0.0224. The fraction of sp³-hybridized carbons (Fsp3) is 0.412. The molecule has 0 radical (unpaired) electrons. The Hall–Kier alpha value is -2.34. The maximum atomic E-state index is 12.2. The van der Waals surface area contributed by atoms with Crippen molar-refractivity contribution < 1.29 is 13.7 Å². The Morgan fingerprint density at radius 2 is 2.04 bits per heavy atom. The number of aryl methyl sites for hydroxylation is 2. The van der Waals surface area contributed by atoms with Gasteiger partial charge in [0.05, 0.1) is 12.2 Å². The predicted molar refractivity (Wildman–Crippen MR) is 85.6 cm³/mol. The lowest BCUT2D eigenvalue weighted by atomic mass is 10.2. The van der Waals surface area contributed by atoms with Gasteiger partial charge in [-0.15, -0.1) is 0 Å². The van der Waals surface area contributed by atoms with Crippen molar-refractivity contribution in [3.63, 3.8) is 0 Å². The summed E-state index contributed by atoms with van der Waals surface area (Å²) in [5, 5.41) is 3.90. The van der Waals surface area contributed by atoms with Gasteiger partial charge in [0.1, 0.15) is 11.5 Å². The highest BCUT2D eigenvalue weighted by Crippen LogP contribution is 2.11. The van der Waals surface area contributed by atoms with Crippen molar-refractivity contribution >= 4 is 12.0 Å². The minimum Gasteiger partial charge on any atom is -0.462 e. The Balaban J connectivity index is 1.48. The van der Waals surface area contributed by atoms with E-state index in [9.17, 15) is 4.79 Å². The molecule has 0 unspecified atom stereocenters. The zero-order valence-electron chi connectivity index (χ0n) is 13.5. The number of aromatic nitrogens is 1. The van der Waals surface area contributed by atoms with Crippen LogP contribution in [-0.2, 0) is 11.3 Å². The molecule has 0 saturated carbocycles. The fourth-order valence-corrected chi connectivity index (χ4v) is 2.64. The molecule has 0 atom stereocenters. The molecule has 0 aromatic carbocycles. The molecule has 0 bridgehead atoms. The third-order valence-corrected chi connectivity index (χ3v) is 3.89. The fourth-order valence-electron chi connectivity index (χ4n) is 2.64. The molecule has 0 spiro atoms. The molecule has 1 fully saturated rings. The lowest BCUT2D eigenvalue weighted by Gasteiger charge is -2.33. The van der Waals surface area contributed by atoms with Gasteiger partial charge in [-0.1, -0.05) is 5.16 Å². The van der Waals surface area contributed by atoms with E-state index in [0.29, 0.717) is 18.8 Å². The molecule has 3 rings (SSSR count). The maximum absolute atomic E-state index is 12.2. The lowest BCUT2D eigenvalue weighted by molar-refractivity contribution is -0.127. The highest BCUT2D eigenvalue weighted by molar-refractivity contribution is 5.91. The average molecular weight is 315 g/mol. The van der Waals surface area contributed by atoms with E-state index in [0.717, 1.165) is 36.8 Å². The van der Waals surface area contributed by atoms with Crippen molar-refractivity contribution in [1.82, 2.24) is 15.0 Å². The Morgan fingerprint density at radius 3 is 2.65 bits per heavy atom. The molecule has 6 nitrogen and oxygen atoms in total. The first-order chi connectivity index (χ1) is 11.1. The van der Waals surface area contributed by atoms with Crippen molar-refractivity contribution in [2.24, 2.45) is 0 Å². The van der Waals surface area contributed by atoms with Gasteiger partial charge >= 0.3 is 0 Å². The van der Waals surface area contributed by atoms with E-state index in [1.165, 1.54) is 0 Å². The Bertz CT molecular complexity index is 694. The second-order valence-electron chi connectivity index (χ2n) is 5.82. The molecule has 2 aromatic heterocycles. The van der Waals surface area contributed by atoms with Crippen LogP contribution in [0.1, 0.15) is 23.0 Å². The second kappa shape index (κ2) is 6.83. The Kier molecular flexibility index (Phi) is 4.62. The van der Waals surface area contributed by atoms with E-state index in [2.05, 4.69) is 10.1 Å². The van der Waals surface area contributed by atoms with Crippen LogP contribution < -0.4 is 0 Å². The number of carbonyl (C=O) groups excluding carboxylic acids is 1. The number of furan rings is 1. The molecule has 0 N–H and O–H groups in total. The van der Waals surface area contributed by atoms with Gasteiger partial charge in [0.15, 0.2) is 5.76 Å². The summed E-state index contributed by atoms with van der Waals surface area (Å²) in [7, 11) is 0. The predicted octanol–water partition coefficient (Wildman–Crippen LogP) is 2.24. The zero-order chi connectivity index (χ0) is 16.2. The van der Waals surface area contributed by atoms with Gasteiger partial charge in [-0.2, -0.15) is 0 Å². The monoisotopic (exact) mass is 315 g/mol. The number of amides is 1. The molecule has 2 aromatic rings. The first kappa shape index (κ1) is 15.6. The van der Waals surface area contributed by atoms with E-state index >= 15 is 0 Å². The number of carbonyl (C=O) groups is 1. The summed E-state index contributed by atoms with van der Waals surface area (Å²) in [6.07, 6.45) is 3.30. The van der Waals surface area contributed by atoms with Crippen LogP contribution in [0, 0.1) is 13.8 Å². The van der Waals surface area contributed by atoms with Gasteiger partial charge in [0.25, 0.3) is 0 Å². The highest BCUT2D eigenvalue weighted by atomic mass is 16.5. The molecule has 1 amide bonds. The van der Waals surface area contributed by atoms with Gasteiger partial charge in [0, 0.05) is 38.3 Å². The van der Waals surface area contributed by atoms with Crippen molar-refractivity contribution in [1.29, 1.82) is 0 Å². The molecule has 0 aliphatic carbocycles. The molecule has 3 heterocycles. The summed E-state index contributed by atoms with van der Waals surface area (Å²) in [6, 6.07) is 5.69. The Labute approximate surface area is 135 Å². The van der Waals surface area contributed by atoms with E-state index in [4.69, 9.17) is 8.94 Å². The number of nitrogens with zero attached hydrogens (tertiary/aromatic N) is 3. The van der Waals surface area contributed by atoms with Gasteiger partial charge in [-0.25, -0.2) is 0 Å². The summed E-state index contributed by atoms with van der Waals surface area (Å²) in [5.74, 6) is 2.44. The van der Waals surface area contributed by atoms with E-state index < -0.39 is 0 Å². The molecule has 23 heavy (non-hydrogen) atoms. The molecular formula is C17H21N3O3. The topological polar surface area (TPSA) is 62.7 Å². The summed E-state index contributed by atoms with van der Waals surface area (Å²) in [6.45, 7) is 7.63. The van der Waals surface area contributed by atoms with Gasteiger partial charge in [-0.05, 0) is 32.1 Å². The first-order valence-electron chi connectivity index (χ1n) is 7.78. The van der Waals surface area contributed by atoms with Crippen LogP contribution in [0.5, 0.6) is 0 Å². The van der Waals surface area contributed by atoms with Gasteiger partial charge in [-0.3, -0.25) is 9.69 Å². The van der Waals surface area contributed by atoms with Crippen LogP contribution in [0.15, 0.2) is 33.2 Å². The third kappa shape index (κ3) is 4.10. The Morgan fingerprint density at radius 1 is 1.26 bits per heavy atom. The minimum atomic E-state index is 0.0224. The van der Waals surface area contributed by atoms with Gasteiger partial charge < -0.3 is 13.8 Å². The van der Waals surface area contributed by atoms with Crippen molar-refractivity contribution in [2.45, 2.75) is 20.4 Å². The average Bonchev–Trinajstić information content (AvgIpc) is 3.14. The van der Waals surface area contributed by atoms with E-state index in [1.807, 2.05) is 36.9 Å². The molecule has 1 saturated heterocycles. The summed E-state index contributed by atoms with van der Waals surface area (Å²) < 4.78 is 10.7. The second-order valence-corrected chi connectivity index (χ2v) is 5.82. The van der Waals surface area contributed by atoms with Crippen molar-refractivity contribution in [3.8, 4) is 0 Å². The van der Waals surface area contributed by atoms with Crippen LogP contribution in [0.3, 0.4) is 0 Å². The number of hydrogen-bond donors (Lipinski definition) is 0.